The second-order valence-electron chi connectivity index (χ2n) is 5.88. The third-order valence-electron chi connectivity index (χ3n) is 3.80. The normalized spacial score (nSPS) is 11.9. The molecule has 0 saturated heterocycles. The van der Waals surface area contributed by atoms with Crippen LogP contribution in [0.1, 0.15) is 29.1 Å². The van der Waals surface area contributed by atoms with Gasteiger partial charge in [-0.25, -0.2) is 8.42 Å². The number of carbonyl (C=O) groups is 1. The van der Waals surface area contributed by atoms with Crippen LogP contribution in [0.2, 0.25) is 0 Å². The van der Waals surface area contributed by atoms with Gasteiger partial charge in [0.2, 0.25) is 10.0 Å². The van der Waals surface area contributed by atoms with Gasteiger partial charge in [0.15, 0.2) is 0 Å². The molecule has 0 atom stereocenters. The van der Waals surface area contributed by atoms with Crippen molar-refractivity contribution in [2.24, 2.45) is 0 Å². The molecular formula is C17H22N2O3S2. The Morgan fingerprint density at radius 1 is 1.17 bits per heavy atom. The van der Waals surface area contributed by atoms with Crippen molar-refractivity contribution >= 4 is 27.3 Å². The molecule has 2 aromatic rings. The molecule has 5 nitrogen and oxygen atoms in total. The highest BCUT2D eigenvalue weighted by Gasteiger charge is 2.24. The SMILES string of the molecule is CC(C)N(C)S(=O)(=O)c1cccc(C(=O)N(C)Cc2cccs2)c1. The van der Waals surface area contributed by atoms with E-state index < -0.39 is 10.0 Å². The van der Waals surface area contributed by atoms with Crippen LogP contribution in [-0.2, 0) is 16.6 Å². The Morgan fingerprint density at radius 2 is 1.88 bits per heavy atom. The lowest BCUT2D eigenvalue weighted by Gasteiger charge is -2.21. The summed E-state index contributed by atoms with van der Waals surface area (Å²) in [5, 5.41) is 1.96. The largest absolute Gasteiger partial charge is 0.337 e. The van der Waals surface area contributed by atoms with Gasteiger partial charge in [-0.05, 0) is 43.5 Å². The average molecular weight is 367 g/mol. The van der Waals surface area contributed by atoms with Crippen LogP contribution in [0, 0.1) is 0 Å². The van der Waals surface area contributed by atoms with Crippen molar-refractivity contribution in [1.29, 1.82) is 0 Å². The van der Waals surface area contributed by atoms with Crippen molar-refractivity contribution in [3.63, 3.8) is 0 Å². The number of hydrogen-bond donors (Lipinski definition) is 0. The molecule has 1 amide bonds. The van der Waals surface area contributed by atoms with Gasteiger partial charge in [0, 0.05) is 30.6 Å². The van der Waals surface area contributed by atoms with Gasteiger partial charge in [-0.3, -0.25) is 4.79 Å². The maximum absolute atomic E-state index is 12.6. The van der Waals surface area contributed by atoms with Gasteiger partial charge in [-0.1, -0.05) is 12.1 Å². The lowest BCUT2D eigenvalue weighted by atomic mass is 10.2. The Bertz CT molecular complexity index is 799. The van der Waals surface area contributed by atoms with Crippen LogP contribution in [-0.4, -0.2) is 43.7 Å². The minimum Gasteiger partial charge on any atom is -0.337 e. The summed E-state index contributed by atoms with van der Waals surface area (Å²) < 4.78 is 26.5. The molecule has 0 unspecified atom stereocenters. The lowest BCUT2D eigenvalue weighted by Crippen LogP contribution is -2.33. The Labute approximate surface area is 147 Å². The fourth-order valence-electron chi connectivity index (χ4n) is 2.16. The van der Waals surface area contributed by atoms with Crippen molar-refractivity contribution in [2.75, 3.05) is 14.1 Å². The summed E-state index contributed by atoms with van der Waals surface area (Å²) >= 11 is 1.58. The average Bonchev–Trinajstić information content (AvgIpc) is 3.06. The summed E-state index contributed by atoms with van der Waals surface area (Å²) in [5.74, 6) is -0.201. The monoisotopic (exact) mass is 366 g/mol. The fraction of sp³-hybridized carbons (Fsp3) is 0.353. The van der Waals surface area contributed by atoms with Crippen LogP contribution in [0.5, 0.6) is 0 Å². The highest BCUT2D eigenvalue weighted by Crippen LogP contribution is 2.19. The number of thiophene rings is 1. The fourth-order valence-corrected chi connectivity index (χ4v) is 4.33. The van der Waals surface area contributed by atoms with Crippen molar-refractivity contribution in [2.45, 2.75) is 31.3 Å². The van der Waals surface area contributed by atoms with Crippen molar-refractivity contribution in [1.82, 2.24) is 9.21 Å². The van der Waals surface area contributed by atoms with Crippen molar-refractivity contribution < 1.29 is 13.2 Å². The molecule has 24 heavy (non-hydrogen) atoms. The molecule has 1 aromatic carbocycles. The predicted molar refractivity (Wildman–Crippen MR) is 96.6 cm³/mol. The van der Waals surface area contributed by atoms with Crippen LogP contribution in [0.3, 0.4) is 0 Å². The molecule has 0 N–H and O–H groups in total. The van der Waals surface area contributed by atoms with Gasteiger partial charge in [-0.2, -0.15) is 4.31 Å². The van der Waals surface area contributed by atoms with Gasteiger partial charge >= 0.3 is 0 Å². The number of carbonyl (C=O) groups excluding carboxylic acids is 1. The molecule has 0 spiro atoms. The van der Waals surface area contributed by atoms with E-state index >= 15 is 0 Å². The van der Waals surface area contributed by atoms with E-state index in [9.17, 15) is 13.2 Å². The molecule has 0 saturated carbocycles. The van der Waals surface area contributed by atoms with Crippen LogP contribution in [0.4, 0.5) is 0 Å². The molecule has 0 radical (unpaired) electrons. The van der Waals surface area contributed by atoms with Gasteiger partial charge < -0.3 is 4.90 Å². The molecule has 0 aliphatic heterocycles. The summed E-state index contributed by atoms with van der Waals surface area (Å²) in [4.78, 5) is 15.4. The molecular weight excluding hydrogens is 344 g/mol. The molecule has 1 aromatic heterocycles. The highest BCUT2D eigenvalue weighted by atomic mass is 32.2. The molecule has 130 valence electrons. The number of rotatable bonds is 6. The van der Waals surface area contributed by atoms with Crippen LogP contribution in [0.15, 0.2) is 46.7 Å². The number of nitrogens with zero attached hydrogens (tertiary/aromatic N) is 2. The number of sulfonamides is 1. The Kier molecular flexibility index (Phi) is 5.79. The van der Waals surface area contributed by atoms with E-state index in [-0.39, 0.29) is 16.8 Å². The zero-order chi connectivity index (χ0) is 17.9. The molecule has 2 rings (SSSR count). The smallest absolute Gasteiger partial charge is 0.253 e. The second-order valence-corrected chi connectivity index (χ2v) is 8.91. The Balaban J connectivity index is 2.25. The minimum absolute atomic E-state index is 0.133. The quantitative estimate of drug-likeness (QED) is 0.789. The zero-order valence-corrected chi connectivity index (χ0v) is 15.9. The second kappa shape index (κ2) is 7.46. The summed E-state index contributed by atoms with van der Waals surface area (Å²) in [5.41, 5.74) is 0.368. The van der Waals surface area contributed by atoms with E-state index in [0.717, 1.165) is 4.88 Å². The molecule has 7 heteroatoms. The predicted octanol–water partition coefficient (Wildman–Crippen LogP) is 3.05. The van der Waals surface area contributed by atoms with Crippen molar-refractivity contribution in [3.05, 3.63) is 52.2 Å². The third kappa shape index (κ3) is 4.03. The maximum atomic E-state index is 12.6. The first-order valence-electron chi connectivity index (χ1n) is 7.59. The standard InChI is InChI=1S/C17H22N2O3S2/c1-13(2)19(4)24(21,22)16-9-5-7-14(11-16)17(20)18(3)12-15-8-6-10-23-15/h5-11,13H,12H2,1-4H3. The summed E-state index contributed by atoms with van der Waals surface area (Å²) in [6.45, 7) is 4.11. The number of benzene rings is 1. The van der Waals surface area contributed by atoms with Crippen LogP contribution >= 0.6 is 11.3 Å². The number of hydrogen-bond acceptors (Lipinski definition) is 4. The topological polar surface area (TPSA) is 57.7 Å². The first-order chi connectivity index (χ1) is 11.2. The lowest BCUT2D eigenvalue weighted by molar-refractivity contribution is 0.0786. The van der Waals surface area contributed by atoms with Crippen LogP contribution < -0.4 is 0 Å². The van der Waals surface area contributed by atoms with E-state index in [4.69, 9.17) is 0 Å². The molecule has 0 aliphatic rings. The van der Waals surface area contributed by atoms with Gasteiger partial charge in [0.1, 0.15) is 0 Å². The Morgan fingerprint density at radius 3 is 2.46 bits per heavy atom. The van der Waals surface area contributed by atoms with E-state index in [2.05, 4.69) is 0 Å². The Hall–Kier alpha value is -1.70. The molecule has 1 heterocycles. The molecule has 0 fully saturated rings. The molecule has 0 bridgehead atoms. The minimum atomic E-state index is -3.61. The summed E-state index contributed by atoms with van der Waals surface area (Å²) in [6, 6.07) is 9.96. The highest BCUT2D eigenvalue weighted by molar-refractivity contribution is 7.89. The molecule has 0 aliphatic carbocycles. The summed E-state index contributed by atoms with van der Waals surface area (Å²) in [7, 11) is -0.354. The van der Waals surface area contributed by atoms with E-state index in [0.29, 0.717) is 12.1 Å². The summed E-state index contributed by atoms with van der Waals surface area (Å²) in [6.07, 6.45) is 0. The van der Waals surface area contributed by atoms with E-state index in [1.165, 1.54) is 23.5 Å². The third-order valence-corrected chi connectivity index (χ3v) is 6.70. The van der Waals surface area contributed by atoms with Gasteiger partial charge in [-0.15, -0.1) is 11.3 Å². The number of amides is 1. The maximum Gasteiger partial charge on any atom is 0.253 e. The first-order valence-corrected chi connectivity index (χ1v) is 9.91. The first kappa shape index (κ1) is 18.6. The van der Waals surface area contributed by atoms with E-state index in [1.54, 1.807) is 49.3 Å². The van der Waals surface area contributed by atoms with Gasteiger partial charge in [0.25, 0.3) is 5.91 Å². The van der Waals surface area contributed by atoms with Crippen LogP contribution in [0.25, 0.3) is 0 Å². The van der Waals surface area contributed by atoms with Crippen molar-refractivity contribution in [3.8, 4) is 0 Å². The zero-order valence-electron chi connectivity index (χ0n) is 14.3. The van der Waals surface area contributed by atoms with E-state index in [1.807, 2.05) is 17.5 Å². The van der Waals surface area contributed by atoms with Gasteiger partial charge in [0.05, 0.1) is 11.4 Å².